The van der Waals surface area contributed by atoms with Crippen LogP contribution >= 0.6 is 20.8 Å². The second-order valence-electron chi connectivity index (χ2n) is 12.7. The molecule has 0 aliphatic rings. The first-order chi connectivity index (χ1) is 21.2. The van der Waals surface area contributed by atoms with Crippen LogP contribution in [0.25, 0.3) is 0 Å². The van der Waals surface area contributed by atoms with Gasteiger partial charge in [-0.2, -0.15) is 0 Å². The number of rotatable bonds is 12. The SMILES string of the molecule is C=C(CCCP(Br)(c1ccccc1)(c1ccccc1)c1ccccc1)CO[Si](c1ccccc1)(c1ccccc1)C(C)(C)C. The molecule has 0 saturated carbocycles. The van der Waals surface area contributed by atoms with Gasteiger partial charge in [-0.3, -0.25) is 0 Å². The minimum atomic E-state index is -2.97. The molecule has 0 atom stereocenters. The van der Waals surface area contributed by atoms with E-state index in [4.69, 9.17) is 4.43 Å². The van der Waals surface area contributed by atoms with Gasteiger partial charge in [0.1, 0.15) is 0 Å². The molecule has 226 valence electrons. The number of hydrogen-bond acceptors (Lipinski definition) is 1. The fourth-order valence-corrected chi connectivity index (χ4v) is 19.0. The van der Waals surface area contributed by atoms with Crippen LogP contribution in [0.3, 0.4) is 0 Å². The first-order valence-electron chi connectivity index (χ1n) is 15.5. The third-order valence-corrected chi connectivity index (χ3v) is 23.9. The Morgan fingerprint density at radius 2 is 0.955 bits per heavy atom. The molecule has 0 aromatic heterocycles. The van der Waals surface area contributed by atoms with Crippen LogP contribution in [0.2, 0.25) is 5.04 Å². The molecule has 0 fully saturated rings. The number of halogens is 1. The summed E-state index contributed by atoms with van der Waals surface area (Å²) >= 11 is 4.60. The van der Waals surface area contributed by atoms with Gasteiger partial charge in [-0.05, 0) is 0 Å². The van der Waals surface area contributed by atoms with E-state index in [1.807, 2.05) is 0 Å². The van der Waals surface area contributed by atoms with Crippen molar-refractivity contribution in [3.8, 4) is 0 Å². The normalized spacial score (nSPS) is 13.1. The summed E-state index contributed by atoms with van der Waals surface area (Å²) in [5.41, 5.74) is 1.14. The van der Waals surface area contributed by atoms with E-state index in [1.54, 1.807) is 0 Å². The molecule has 0 unspecified atom stereocenters. The molecule has 0 amide bonds. The maximum absolute atomic E-state index is 7.23. The Kier molecular flexibility index (Phi) is 9.92. The summed E-state index contributed by atoms with van der Waals surface area (Å²) in [6.45, 7) is 12.1. The first-order valence-corrected chi connectivity index (χ1v) is 21.9. The minimum absolute atomic E-state index is 0.0640. The Labute approximate surface area is 273 Å². The van der Waals surface area contributed by atoms with Crippen molar-refractivity contribution in [2.24, 2.45) is 0 Å². The molecular weight excluding hydrogens is 635 g/mol. The molecule has 5 aromatic rings. The molecule has 0 radical (unpaired) electrons. The van der Waals surface area contributed by atoms with Crippen LogP contribution in [0.4, 0.5) is 0 Å². The van der Waals surface area contributed by atoms with E-state index in [1.165, 1.54) is 26.3 Å². The molecular formula is C40H44BrOPSi. The van der Waals surface area contributed by atoms with Crippen molar-refractivity contribution in [2.75, 3.05) is 12.8 Å². The van der Waals surface area contributed by atoms with Gasteiger partial charge < -0.3 is 0 Å². The monoisotopic (exact) mass is 678 g/mol. The van der Waals surface area contributed by atoms with Crippen LogP contribution in [-0.2, 0) is 4.43 Å². The van der Waals surface area contributed by atoms with Crippen LogP contribution in [0.15, 0.2) is 164 Å². The molecule has 44 heavy (non-hydrogen) atoms. The van der Waals surface area contributed by atoms with Crippen molar-refractivity contribution in [3.05, 3.63) is 164 Å². The molecule has 0 bridgehead atoms. The topological polar surface area (TPSA) is 9.23 Å². The third kappa shape index (κ3) is 6.09. The molecule has 0 N–H and O–H groups in total. The van der Waals surface area contributed by atoms with E-state index in [0.717, 1.165) is 24.6 Å². The summed E-state index contributed by atoms with van der Waals surface area (Å²) < 4.78 is 7.23. The van der Waals surface area contributed by atoms with Gasteiger partial charge in [-0.25, -0.2) is 0 Å². The summed E-state index contributed by atoms with van der Waals surface area (Å²) in [6.07, 6.45) is 2.88. The van der Waals surface area contributed by atoms with Crippen LogP contribution in [-0.4, -0.2) is 21.1 Å². The molecule has 0 aliphatic heterocycles. The van der Waals surface area contributed by atoms with Crippen molar-refractivity contribution in [2.45, 2.75) is 38.7 Å². The van der Waals surface area contributed by atoms with Crippen molar-refractivity contribution in [1.29, 1.82) is 0 Å². The molecule has 5 rings (SSSR count). The fraction of sp³-hybridized carbons (Fsp3) is 0.200. The van der Waals surface area contributed by atoms with Crippen molar-refractivity contribution in [1.82, 2.24) is 0 Å². The quantitative estimate of drug-likeness (QED) is 0.0729. The molecule has 4 heteroatoms. The second-order valence-corrected chi connectivity index (χ2v) is 26.1. The molecule has 1 nitrogen and oxygen atoms in total. The van der Waals surface area contributed by atoms with Gasteiger partial charge in [0.05, 0.1) is 0 Å². The van der Waals surface area contributed by atoms with Crippen LogP contribution in [0, 0.1) is 0 Å². The van der Waals surface area contributed by atoms with Crippen LogP contribution < -0.4 is 26.3 Å². The van der Waals surface area contributed by atoms with E-state index in [0.29, 0.717) is 6.61 Å². The zero-order valence-electron chi connectivity index (χ0n) is 26.2. The zero-order valence-corrected chi connectivity index (χ0v) is 29.7. The molecule has 0 aliphatic carbocycles. The Bertz CT molecular complexity index is 1500. The van der Waals surface area contributed by atoms with E-state index < -0.39 is 13.6 Å². The standard InChI is InChI=1S/C40H44BrOPSi/c1-34(33-42-44(40(2,3)4,38-28-16-8-17-29-38)39-30-18-9-19-31-39)21-20-32-43(41,35-22-10-5-11-23-35,36-24-12-6-13-25-36)37-26-14-7-15-27-37/h5-19,22-31H,1,20-21,32-33H2,2-4H3. The van der Waals surface area contributed by atoms with Gasteiger partial charge in [0.25, 0.3) is 0 Å². The predicted molar refractivity (Wildman–Crippen MR) is 201 cm³/mol. The van der Waals surface area contributed by atoms with Gasteiger partial charge in [0.15, 0.2) is 0 Å². The van der Waals surface area contributed by atoms with Crippen LogP contribution in [0.5, 0.6) is 0 Å². The summed E-state index contributed by atoms with van der Waals surface area (Å²) in [5.74, 6) is 0. The summed E-state index contributed by atoms with van der Waals surface area (Å²) in [7, 11) is -2.62. The average Bonchev–Trinajstić information content (AvgIpc) is 3.06. The number of hydrogen-bond donors (Lipinski definition) is 0. The molecule has 5 aromatic carbocycles. The Hall–Kier alpha value is -3.07. The Morgan fingerprint density at radius 1 is 0.614 bits per heavy atom. The van der Waals surface area contributed by atoms with E-state index in [9.17, 15) is 0 Å². The summed E-state index contributed by atoms with van der Waals surface area (Å²) in [4.78, 5) is 0. The van der Waals surface area contributed by atoms with E-state index >= 15 is 0 Å². The summed E-state index contributed by atoms with van der Waals surface area (Å²) in [5, 5.41) is 3.63. The van der Waals surface area contributed by atoms with Crippen LogP contribution in [0.1, 0.15) is 33.6 Å². The molecule has 0 heterocycles. The van der Waals surface area contributed by atoms with Gasteiger partial charge >= 0.3 is 275 Å². The van der Waals surface area contributed by atoms with Crippen molar-refractivity contribution in [3.63, 3.8) is 0 Å². The Balaban J connectivity index is 1.45. The zero-order chi connectivity index (χ0) is 31.1. The number of benzene rings is 5. The van der Waals surface area contributed by atoms with Gasteiger partial charge in [0, 0.05) is 0 Å². The molecule has 0 saturated heterocycles. The maximum atomic E-state index is 7.23. The molecule has 0 spiro atoms. The Morgan fingerprint density at radius 3 is 1.30 bits per heavy atom. The second kappa shape index (κ2) is 13.5. The van der Waals surface area contributed by atoms with Gasteiger partial charge in [-0.15, -0.1) is 0 Å². The summed E-state index contributed by atoms with van der Waals surface area (Å²) in [6, 6.07) is 54.9. The third-order valence-electron chi connectivity index (χ3n) is 8.90. The predicted octanol–water partition coefficient (Wildman–Crippen LogP) is 8.74. The van der Waals surface area contributed by atoms with Crippen molar-refractivity contribution >= 4 is 55.4 Å². The van der Waals surface area contributed by atoms with E-state index in [-0.39, 0.29) is 5.04 Å². The van der Waals surface area contributed by atoms with Gasteiger partial charge in [-0.1, -0.05) is 0 Å². The average molecular weight is 680 g/mol. The first kappa shape index (κ1) is 32.3. The fourth-order valence-electron chi connectivity index (χ4n) is 6.72. The van der Waals surface area contributed by atoms with Crippen molar-refractivity contribution < 1.29 is 4.43 Å². The van der Waals surface area contributed by atoms with E-state index in [2.05, 4.69) is 194 Å². The van der Waals surface area contributed by atoms with Gasteiger partial charge in [0.2, 0.25) is 0 Å².